The molecule has 6 nitrogen and oxygen atoms in total. The quantitative estimate of drug-likeness (QED) is 0.902. The second-order valence-electron chi connectivity index (χ2n) is 4.62. The molecule has 3 rings (SSSR count). The predicted octanol–water partition coefficient (Wildman–Crippen LogP) is 1.48. The van der Waals surface area contributed by atoms with E-state index in [4.69, 9.17) is 9.84 Å². The first-order valence-electron chi connectivity index (χ1n) is 6.40. The van der Waals surface area contributed by atoms with Crippen LogP contribution in [0.5, 0.6) is 0 Å². The van der Waals surface area contributed by atoms with Gasteiger partial charge in [0.1, 0.15) is 11.3 Å². The number of hydrogen-bond donors (Lipinski definition) is 1. The third-order valence-electron chi connectivity index (χ3n) is 3.39. The number of aryl methyl sites for hydroxylation is 1. The van der Waals surface area contributed by atoms with Crippen molar-refractivity contribution in [3.63, 3.8) is 0 Å². The zero-order valence-electron chi connectivity index (χ0n) is 10.7. The lowest BCUT2D eigenvalue weighted by Gasteiger charge is -2.27. The molecule has 100 valence electrons. The van der Waals surface area contributed by atoms with Gasteiger partial charge in [-0.3, -0.25) is 0 Å². The van der Waals surface area contributed by atoms with Crippen molar-refractivity contribution < 1.29 is 14.6 Å². The Morgan fingerprint density at radius 2 is 2.32 bits per heavy atom. The number of ether oxygens (including phenoxy) is 1. The number of aromatic nitrogens is 3. The molecule has 1 fully saturated rings. The summed E-state index contributed by atoms with van der Waals surface area (Å²) in [5.41, 5.74) is 1.42. The second kappa shape index (κ2) is 4.62. The maximum Gasteiger partial charge on any atom is 0.354 e. The number of hydrogen-bond acceptors (Lipinski definition) is 4. The highest BCUT2D eigenvalue weighted by Crippen LogP contribution is 2.20. The number of fused-ring (bicyclic) bond motifs is 1. The molecule has 0 radical (unpaired) electrons. The van der Waals surface area contributed by atoms with E-state index < -0.39 is 5.97 Å². The SMILES string of the molecule is CCc1nc2ccc(C(=O)O)nc2n1C[C@@H]1CCO1. The van der Waals surface area contributed by atoms with Crippen LogP contribution < -0.4 is 0 Å². The minimum atomic E-state index is -1.02. The summed E-state index contributed by atoms with van der Waals surface area (Å²) in [6.45, 7) is 3.51. The number of carboxylic acid groups (broad SMARTS) is 1. The molecule has 6 heteroatoms. The Morgan fingerprint density at radius 1 is 1.53 bits per heavy atom. The summed E-state index contributed by atoms with van der Waals surface area (Å²) in [6, 6.07) is 3.20. The van der Waals surface area contributed by atoms with Crippen LogP contribution in [0.25, 0.3) is 11.2 Å². The zero-order valence-corrected chi connectivity index (χ0v) is 10.7. The Bertz CT molecular complexity index is 631. The van der Waals surface area contributed by atoms with Gasteiger partial charge >= 0.3 is 5.97 Å². The van der Waals surface area contributed by atoms with E-state index >= 15 is 0 Å². The molecule has 19 heavy (non-hydrogen) atoms. The van der Waals surface area contributed by atoms with Crippen LogP contribution in [-0.4, -0.2) is 38.3 Å². The summed E-state index contributed by atoms with van der Waals surface area (Å²) < 4.78 is 7.42. The number of carbonyl (C=O) groups is 1. The van der Waals surface area contributed by atoms with E-state index in [0.717, 1.165) is 30.8 Å². The van der Waals surface area contributed by atoms with Crippen LogP contribution in [0, 0.1) is 0 Å². The second-order valence-corrected chi connectivity index (χ2v) is 4.62. The first-order valence-corrected chi connectivity index (χ1v) is 6.40. The molecule has 0 aromatic carbocycles. The van der Waals surface area contributed by atoms with Crippen LogP contribution in [0.1, 0.15) is 29.7 Å². The van der Waals surface area contributed by atoms with Gasteiger partial charge in [0.2, 0.25) is 0 Å². The molecule has 1 aliphatic heterocycles. The lowest BCUT2D eigenvalue weighted by Crippen LogP contribution is -2.31. The molecule has 0 amide bonds. The van der Waals surface area contributed by atoms with E-state index in [9.17, 15) is 4.79 Å². The van der Waals surface area contributed by atoms with Crippen molar-refractivity contribution in [2.45, 2.75) is 32.4 Å². The first kappa shape index (κ1) is 12.1. The highest BCUT2D eigenvalue weighted by molar-refractivity contribution is 5.88. The highest BCUT2D eigenvalue weighted by atomic mass is 16.5. The topological polar surface area (TPSA) is 77.2 Å². The van der Waals surface area contributed by atoms with Gasteiger partial charge in [-0.1, -0.05) is 6.92 Å². The maximum atomic E-state index is 11.0. The minimum absolute atomic E-state index is 0.0471. The number of carboxylic acids is 1. The molecule has 0 saturated carbocycles. The van der Waals surface area contributed by atoms with Gasteiger partial charge < -0.3 is 14.4 Å². The molecular weight excluding hydrogens is 246 g/mol. The molecule has 0 aliphatic carbocycles. The highest BCUT2D eigenvalue weighted by Gasteiger charge is 2.22. The van der Waals surface area contributed by atoms with Gasteiger partial charge in [0.25, 0.3) is 0 Å². The van der Waals surface area contributed by atoms with Crippen LogP contribution in [-0.2, 0) is 17.7 Å². The molecule has 1 saturated heterocycles. The van der Waals surface area contributed by atoms with Crippen molar-refractivity contribution in [3.8, 4) is 0 Å². The average molecular weight is 261 g/mol. The van der Waals surface area contributed by atoms with Gasteiger partial charge in [0, 0.05) is 13.0 Å². The number of imidazole rings is 1. The summed E-state index contributed by atoms with van der Waals surface area (Å²) in [5, 5.41) is 9.02. The third kappa shape index (κ3) is 2.08. The maximum absolute atomic E-state index is 11.0. The normalized spacial score (nSPS) is 18.5. The van der Waals surface area contributed by atoms with E-state index in [1.807, 2.05) is 11.5 Å². The largest absolute Gasteiger partial charge is 0.477 e. The molecule has 1 atom stereocenters. The van der Waals surface area contributed by atoms with Gasteiger partial charge in [-0.05, 0) is 18.6 Å². The number of pyridine rings is 1. The lowest BCUT2D eigenvalue weighted by molar-refractivity contribution is -0.0590. The number of nitrogens with zero attached hydrogens (tertiary/aromatic N) is 3. The Morgan fingerprint density at radius 3 is 2.89 bits per heavy atom. The molecule has 0 bridgehead atoms. The Hall–Kier alpha value is -1.95. The van der Waals surface area contributed by atoms with Gasteiger partial charge in [-0.15, -0.1) is 0 Å². The van der Waals surface area contributed by atoms with Gasteiger partial charge in [-0.25, -0.2) is 14.8 Å². The molecule has 0 unspecified atom stereocenters. The molecular formula is C13H15N3O3. The predicted molar refractivity (Wildman–Crippen MR) is 68.2 cm³/mol. The number of aromatic carboxylic acids is 1. The molecule has 2 aromatic heterocycles. The van der Waals surface area contributed by atoms with Gasteiger partial charge in [0.15, 0.2) is 11.3 Å². The zero-order chi connectivity index (χ0) is 13.4. The van der Waals surface area contributed by atoms with Crippen molar-refractivity contribution in [3.05, 3.63) is 23.7 Å². The van der Waals surface area contributed by atoms with Crippen molar-refractivity contribution in [1.29, 1.82) is 0 Å². The van der Waals surface area contributed by atoms with Crippen molar-refractivity contribution in [1.82, 2.24) is 14.5 Å². The van der Waals surface area contributed by atoms with Crippen LogP contribution >= 0.6 is 0 Å². The Balaban J connectivity index is 2.08. The Labute approximate surface area is 110 Å². The van der Waals surface area contributed by atoms with Crippen molar-refractivity contribution in [2.75, 3.05) is 6.61 Å². The average Bonchev–Trinajstić information content (AvgIpc) is 2.70. The molecule has 1 N–H and O–H groups in total. The van der Waals surface area contributed by atoms with E-state index in [1.54, 1.807) is 6.07 Å². The fourth-order valence-corrected chi connectivity index (χ4v) is 2.26. The minimum Gasteiger partial charge on any atom is -0.477 e. The lowest BCUT2D eigenvalue weighted by atomic mass is 10.2. The molecule has 3 heterocycles. The van der Waals surface area contributed by atoms with Crippen LogP contribution in [0.2, 0.25) is 0 Å². The molecule has 0 spiro atoms. The van der Waals surface area contributed by atoms with Crippen molar-refractivity contribution >= 4 is 17.1 Å². The Kier molecular flexibility index (Phi) is 2.94. The third-order valence-corrected chi connectivity index (χ3v) is 3.39. The van der Waals surface area contributed by atoms with Crippen LogP contribution in [0.15, 0.2) is 12.1 Å². The fourth-order valence-electron chi connectivity index (χ4n) is 2.26. The summed E-state index contributed by atoms with van der Waals surface area (Å²) in [7, 11) is 0. The standard InChI is InChI=1S/C13H15N3O3/c1-2-11-14-9-3-4-10(13(17)18)15-12(9)16(11)7-8-5-6-19-8/h3-4,8H,2,5-7H2,1H3,(H,17,18)/t8-/m0/s1. The van der Waals surface area contributed by atoms with Crippen LogP contribution in [0.4, 0.5) is 0 Å². The summed E-state index contributed by atoms with van der Waals surface area (Å²) in [5.74, 6) is -0.104. The first-order chi connectivity index (χ1) is 9.19. The smallest absolute Gasteiger partial charge is 0.354 e. The van der Waals surface area contributed by atoms with E-state index in [2.05, 4.69) is 9.97 Å². The van der Waals surface area contributed by atoms with E-state index in [-0.39, 0.29) is 11.8 Å². The summed E-state index contributed by atoms with van der Waals surface area (Å²) in [4.78, 5) is 19.7. The summed E-state index contributed by atoms with van der Waals surface area (Å²) in [6.07, 6.45) is 2.01. The van der Waals surface area contributed by atoms with Gasteiger partial charge in [-0.2, -0.15) is 0 Å². The van der Waals surface area contributed by atoms with Crippen LogP contribution in [0.3, 0.4) is 0 Å². The summed E-state index contributed by atoms with van der Waals surface area (Å²) >= 11 is 0. The fraction of sp³-hybridized carbons (Fsp3) is 0.462. The van der Waals surface area contributed by atoms with Gasteiger partial charge in [0.05, 0.1) is 12.6 Å². The van der Waals surface area contributed by atoms with E-state index in [0.29, 0.717) is 12.2 Å². The monoisotopic (exact) mass is 261 g/mol. The van der Waals surface area contributed by atoms with E-state index in [1.165, 1.54) is 6.07 Å². The van der Waals surface area contributed by atoms with Crippen molar-refractivity contribution in [2.24, 2.45) is 0 Å². The molecule has 1 aliphatic rings. The number of rotatable bonds is 4. The molecule has 2 aromatic rings.